The summed E-state index contributed by atoms with van der Waals surface area (Å²) < 4.78 is 17.6. The number of hydrogen-bond donors (Lipinski definition) is 1. The number of furan rings is 1. The van der Waals surface area contributed by atoms with Crippen molar-refractivity contribution in [1.29, 1.82) is 0 Å². The highest BCUT2D eigenvalue weighted by molar-refractivity contribution is 6.32. The van der Waals surface area contributed by atoms with Gasteiger partial charge in [-0.15, -0.1) is 0 Å². The van der Waals surface area contributed by atoms with Gasteiger partial charge in [-0.1, -0.05) is 12.1 Å². The summed E-state index contributed by atoms with van der Waals surface area (Å²) in [5.74, 6) is -0.557. The average molecular weight is 282 g/mol. The lowest BCUT2D eigenvalue weighted by Gasteiger charge is -2.13. The van der Waals surface area contributed by atoms with E-state index in [1.807, 2.05) is 6.92 Å². The minimum Gasteiger partial charge on any atom is -0.452 e. The minimum absolute atomic E-state index is 0.0754. The van der Waals surface area contributed by atoms with Gasteiger partial charge in [0.2, 0.25) is 5.22 Å². The summed E-state index contributed by atoms with van der Waals surface area (Å²) in [7, 11) is 0. The SMILES string of the molecule is CC(Cc1ccc(F)cc1)NC(=O)c1ccoc1Cl. The Labute approximate surface area is 115 Å². The van der Waals surface area contributed by atoms with E-state index >= 15 is 0 Å². The van der Waals surface area contributed by atoms with Crippen molar-refractivity contribution >= 4 is 17.5 Å². The third kappa shape index (κ3) is 3.58. The zero-order valence-corrected chi connectivity index (χ0v) is 11.1. The maximum atomic E-state index is 12.8. The van der Waals surface area contributed by atoms with Crippen LogP contribution >= 0.6 is 11.6 Å². The first kappa shape index (κ1) is 13.6. The van der Waals surface area contributed by atoms with E-state index < -0.39 is 0 Å². The van der Waals surface area contributed by atoms with Crippen LogP contribution in [0.4, 0.5) is 4.39 Å². The maximum Gasteiger partial charge on any atom is 0.256 e. The molecular weight excluding hydrogens is 269 g/mol. The van der Waals surface area contributed by atoms with E-state index in [1.165, 1.54) is 24.5 Å². The first-order chi connectivity index (χ1) is 9.06. The van der Waals surface area contributed by atoms with E-state index in [0.29, 0.717) is 12.0 Å². The topological polar surface area (TPSA) is 42.2 Å². The van der Waals surface area contributed by atoms with Gasteiger partial charge in [0.1, 0.15) is 5.82 Å². The Morgan fingerprint density at radius 2 is 2.05 bits per heavy atom. The van der Waals surface area contributed by atoms with Gasteiger partial charge >= 0.3 is 0 Å². The first-order valence-corrected chi connectivity index (χ1v) is 6.22. The third-order valence-corrected chi connectivity index (χ3v) is 2.99. The Hall–Kier alpha value is -1.81. The molecule has 1 unspecified atom stereocenters. The Morgan fingerprint density at radius 1 is 1.37 bits per heavy atom. The number of carbonyl (C=O) groups is 1. The molecule has 0 aliphatic heterocycles. The van der Waals surface area contributed by atoms with Crippen LogP contribution in [0, 0.1) is 5.82 Å². The largest absolute Gasteiger partial charge is 0.452 e. The number of nitrogens with one attached hydrogen (secondary N) is 1. The van der Waals surface area contributed by atoms with E-state index in [1.54, 1.807) is 12.1 Å². The van der Waals surface area contributed by atoms with Crippen LogP contribution in [0.15, 0.2) is 41.0 Å². The highest BCUT2D eigenvalue weighted by Gasteiger charge is 2.15. The van der Waals surface area contributed by atoms with Crippen molar-refractivity contribution in [2.75, 3.05) is 0 Å². The molecule has 0 saturated carbocycles. The fourth-order valence-corrected chi connectivity index (χ4v) is 1.98. The van der Waals surface area contributed by atoms with Crippen molar-refractivity contribution in [3.8, 4) is 0 Å². The third-order valence-electron chi connectivity index (χ3n) is 2.70. The molecule has 0 saturated heterocycles. The highest BCUT2D eigenvalue weighted by atomic mass is 35.5. The number of halogens is 2. The van der Waals surface area contributed by atoms with Gasteiger partial charge in [-0.05, 0) is 48.7 Å². The molecule has 0 fully saturated rings. The first-order valence-electron chi connectivity index (χ1n) is 5.84. The van der Waals surface area contributed by atoms with Crippen molar-refractivity contribution in [1.82, 2.24) is 5.32 Å². The highest BCUT2D eigenvalue weighted by Crippen LogP contribution is 2.16. The Bertz CT molecular complexity index is 565. The Balaban J connectivity index is 1.94. The van der Waals surface area contributed by atoms with Crippen LogP contribution in [-0.4, -0.2) is 11.9 Å². The second kappa shape index (κ2) is 5.89. The molecule has 0 radical (unpaired) electrons. The average Bonchev–Trinajstić information content (AvgIpc) is 2.78. The van der Waals surface area contributed by atoms with Crippen LogP contribution < -0.4 is 5.32 Å². The molecule has 5 heteroatoms. The van der Waals surface area contributed by atoms with Crippen molar-refractivity contribution in [3.05, 3.63) is 58.8 Å². The van der Waals surface area contributed by atoms with Gasteiger partial charge in [0, 0.05) is 6.04 Å². The van der Waals surface area contributed by atoms with Gasteiger partial charge in [-0.2, -0.15) is 0 Å². The molecule has 2 rings (SSSR count). The number of hydrogen-bond acceptors (Lipinski definition) is 2. The van der Waals surface area contributed by atoms with E-state index in [9.17, 15) is 9.18 Å². The normalized spacial score (nSPS) is 12.2. The van der Waals surface area contributed by atoms with Crippen LogP contribution in [0.5, 0.6) is 0 Å². The lowest BCUT2D eigenvalue weighted by atomic mass is 10.1. The Morgan fingerprint density at radius 3 is 2.63 bits per heavy atom. The molecule has 1 N–H and O–H groups in total. The molecule has 1 atom stereocenters. The van der Waals surface area contributed by atoms with Crippen LogP contribution in [0.3, 0.4) is 0 Å². The van der Waals surface area contributed by atoms with Gasteiger partial charge in [-0.25, -0.2) is 4.39 Å². The molecule has 1 aromatic heterocycles. The van der Waals surface area contributed by atoms with E-state index in [4.69, 9.17) is 16.0 Å². The van der Waals surface area contributed by atoms with Crippen LogP contribution in [0.1, 0.15) is 22.8 Å². The zero-order valence-electron chi connectivity index (χ0n) is 10.3. The van der Waals surface area contributed by atoms with Crippen molar-refractivity contribution in [2.45, 2.75) is 19.4 Å². The standard InChI is InChI=1S/C14H13ClFNO2/c1-9(8-10-2-4-11(16)5-3-10)17-14(18)12-6-7-19-13(12)15/h2-7,9H,8H2,1H3,(H,17,18). The number of amides is 1. The number of carbonyl (C=O) groups excluding carboxylic acids is 1. The van der Waals surface area contributed by atoms with E-state index in [2.05, 4.69) is 5.32 Å². The van der Waals surface area contributed by atoms with Crippen molar-refractivity contribution in [2.24, 2.45) is 0 Å². The van der Waals surface area contributed by atoms with Gasteiger partial charge in [0.15, 0.2) is 0 Å². The predicted octanol–water partition coefficient (Wildman–Crippen LogP) is 3.43. The van der Waals surface area contributed by atoms with Gasteiger partial charge in [0.05, 0.1) is 11.8 Å². The molecule has 3 nitrogen and oxygen atoms in total. The fourth-order valence-electron chi connectivity index (χ4n) is 1.78. The monoisotopic (exact) mass is 281 g/mol. The molecule has 0 bridgehead atoms. The molecule has 100 valence electrons. The van der Waals surface area contributed by atoms with Gasteiger partial charge in [0.25, 0.3) is 5.91 Å². The quantitative estimate of drug-likeness (QED) is 0.933. The fraction of sp³-hybridized carbons (Fsp3) is 0.214. The van der Waals surface area contributed by atoms with Crippen molar-refractivity contribution in [3.63, 3.8) is 0 Å². The number of benzene rings is 1. The summed E-state index contributed by atoms with van der Waals surface area (Å²) in [6.07, 6.45) is 1.98. The smallest absolute Gasteiger partial charge is 0.256 e. The van der Waals surface area contributed by atoms with Crippen molar-refractivity contribution < 1.29 is 13.6 Å². The molecule has 1 amide bonds. The molecule has 1 heterocycles. The second-order valence-electron chi connectivity index (χ2n) is 4.31. The maximum absolute atomic E-state index is 12.8. The van der Waals surface area contributed by atoms with Crippen LogP contribution in [-0.2, 0) is 6.42 Å². The molecule has 0 spiro atoms. The molecule has 0 aliphatic rings. The molecular formula is C14H13ClFNO2. The lowest BCUT2D eigenvalue weighted by molar-refractivity contribution is 0.0939. The molecule has 1 aromatic carbocycles. The Kier molecular flexibility index (Phi) is 4.22. The van der Waals surface area contributed by atoms with E-state index in [0.717, 1.165) is 5.56 Å². The molecule has 0 aliphatic carbocycles. The lowest BCUT2D eigenvalue weighted by Crippen LogP contribution is -2.34. The zero-order chi connectivity index (χ0) is 13.8. The summed E-state index contributed by atoms with van der Waals surface area (Å²) in [4.78, 5) is 11.9. The summed E-state index contributed by atoms with van der Waals surface area (Å²) in [5, 5.41) is 2.88. The summed E-state index contributed by atoms with van der Waals surface area (Å²) in [6, 6.07) is 7.62. The van der Waals surface area contributed by atoms with Crippen LogP contribution in [0.2, 0.25) is 5.22 Å². The minimum atomic E-state index is -0.284. The molecule has 19 heavy (non-hydrogen) atoms. The van der Waals surface area contributed by atoms with E-state index in [-0.39, 0.29) is 23.0 Å². The van der Waals surface area contributed by atoms with Gasteiger partial charge < -0.3 is 9.73 Å². The second-order valence-corrected chi connectivity index (χ2v) is 4.66. The van der Waals surface area contributed by atoms with Gasteiger partial charge in [-0.3, -0.25) is 4.79 Å². The summed E-state index contributed by atoms with van der Waals surface area (Å²) in [5.41, 5.74) is 1.26. The van der Waals surface area contributed by atoms with Crippen LogP contribution in [0.25, 0.3) is 0 Å². The summed E-state index contributed by atoms with van der Waals surface area (Å²) in [6.45, 7) is 1.87. The molecule has 2 aromatic rings. The number of rotatable bonds is 4. The predicted molar refractivity (Wildman–Crippen MR) is 70.8 cm³/mol. The summed E-state index contributed by atoms with van der Waals surface area (Å²) >= 11 is 5.73.